The summed E-state index contributed by atoms with van der Waals surface area (Å²) in [4.78, 5) is 25.9. The molecule has 3 aromatic rings. The maximum absolute atomic E-state index is 12.8. The molecule has 180 valence electrons. The lowest BCUT2D eigenvalue weighted by Gasteiger charge is -2.42. The number of carbonyl (C=O) groups excluding carboxylic acids is 1. The maximum Gasteiger partial charge on any atom is 0.251 e. The number of fused-ring (bicyclic) bond motifs is 1. The predicted octanol–water partition coefficient (Wildman–Crippen LogP) is 2.73. The van der Waals surface area contributed by atoms with Crippen LogP contribution in [0.2, 0.25) is 0 Å². The Kier molecular flexibility index (Phi) is 7.00. The van der Waals surface area contributed by atoms with E-state index in [-0.39, 0.29) is 36.8 Å². The van der Waals surface area contributed by atoms with Crippen molar-refractivity contribution in [2.75, 3.05) is 31.1 Å². The molecule has 2 atom stereocenters. The largest absolute Gasteiger partial charge is 0.507 e. The zero-order chi connectivity index (χ0) is 24.4. The van der Waals surface area contributed by atoms with E-state index in [9.17, 15) is 20.1 Å². The SMILES string of the molecule is Cc1ccc2c(N3CCN(C(=O)[C@H](O)CC(C)C)CC3CO)nc(-c3ccccc3O)nc2c1. The Morgan fingerprint density at radius 1 is 1.15 bits per heavy atom. The second-order valence-electron chi connectivity index (χ2n) is 9.37. The van der Waals surface area contributed by atoms with Crippen molar-refractivity contribution in [2.24, 2.45) is 5.92 Å². The lowest BCUT2D eigenvalue weighted by molar-refractivity contribution is -0.142. The van der Waals surface area contributed by atoms with Crippen molar-refractivity contribution in [1.82, 2.24) is 14.9 Å². The molecule has 8 heteroatoms. The Morgan fingerprint density at radius 3 is 2.62 bits per heavy atom. The van der Waals surface area contributed by atoms with E-state index in [4.69, 9.17) is 9.97 Å². The molecule has 4 rings (SSSR count). The fourth-order valence-corrected chi connectivity index (χ4v) is 4.47. The van der Waals surface area contributed by atoms with Gasteiger partial charge >= 0.3 is 0 Å². The summed E-state index contributed by atoms with van der Waals surface area (Å²) in [5.41, 5.74) is 2.32. The number of hydrogen-bond acceptors (Lipinski definition) is 7. The Labute approximate surface area is 199 Å². The van der Waals surface area contributed by atoms with Gasteiger partial charge in [0.25, 0.3) is 5.91 Å². The molecule has 1 aliphatic heterocycles. The quantitative estimate of drug-likeness (QED) is 0.514. The fourth-order valence-electron chi connectivity index (χ4n) is 4.47. The van der Waals surface area contributed by atoms with Gasteiger partial charge < -0.3 is 25.1 Å². The third kappa shape index (κ3) is 4.83. The molecule has 0 radical (unpaired) electrons. The third-order valence-corrected chi connectivity index (χ3v) is 6.23. The predicted molar refractivity (Wildman–Crippen MR) is 132 cm³/mol. The minimum absolute atomic E-state index is 0.0914. The number of phenolic OH excluding ortho intramolecular Hbond substituents is 1. The first-order valence-corrected chi connectivity index (χ1v) is 11.7. The van der Waals surface area contributed by atoms with Crippen LogP contribution in [-0.4, -0.2) is 74.5 Å². The third-order valence-electron chi connectivity index (χ3n) is 6.23. The normalized spacial score (nSPS) is 17.4. The van der Waals surface area contributed by atoms with Crippen molar-refractivity contribution >= 4 is 22.6 Å². The van der Waals surface area contributed by atoms with Crippen molar-refractivity contribution in [2.45, 2.75) is 39.3 Å². The molecule has 1 fully saturated rings. The van der Waals surface area contributed by atoms with Crippen LogP contribution in [-0.2, 0) is 4.79 Å². The van der Waals surface area contributed by atoms with Gasteiger partial charge in [-0.15, -0.1) is 0 Å². The van der Waals surface area contributed by atoms with Crippen LogP contribution in [0.3, 0.4) is 0 Å². The van der Waals surface area contributed by atoms with Crippen molar-refractivity contribution in [3.63, 3.8) is 0 Å². The number of aliphatic hydroxyl groups excluding tert-OH is 2. The standard InChI is InChI=1S/C26H32N4O4/c1-16(2)12-23(33)26(34)29-10-11-30(18(14-29)15-31)25-19-9-8-17(3)13-21(19)27-24(28-25)20-6-4-5-7-22(20)32/h4-9,13,16,18,23,31-33H,10-12,14-15H2,1-3H3/t18?,23-/m1/s1. The van der Waals surface area contributed by atoms with E-state index < -0.39 is 6.10 Å². The summed E-state index contributed by atoms with van der Waals surface area (Å²) in [6.45, 7) is 6.90. The van der Waals surface area contributed by atoms with Crippen LogP contribution in [0.25, 0.3) is 22.3 Å². The van der Waals surface area contributed by atoms with E-state index >= 15 is 0 Å². The highest BCUT2D eigenvalue weighted by Gasteiger charge is 2.33. The van der Waals surface area contributed by atoms with Crippen LogP contribution in [0.5, 0.6) is 5.75 Å². The highest BCUT2D eigenvalue weighted by molar-refractivity contribution is 5.92. The zero-order valence-electron chi connectivity index (χ0n) is 19.8. The van der Waals surface area contributed by atoms with Crippen molar-refractivity contribution < 1.29 is 20.1 Å². The first-order valence-electron chi connectivity index (χ1n) is 11.7. The van der Waals surface area contributed by atoms with Crippen LogP contribution >= 0.6 is 0 Å². The monoisotopic (exact) mass is 464 g/mol. The lowest BCUT2D eigenvalue weighted by atomic mass is 10.0. The summed E-state index contributed by atoms with van der Waals surface area (Å²) in [6, 6.07) is 12.5. The van der Waals surface area contributed by atoms with Gasteiger partial charge in [0.1, 0.15) is 17.7 Å². The molecule has 0 saturated carbocycles. The average Bonchev–Trinajstić information content (AvgIpc) is 2.82. The lowest BCUT2D eigenvalue weighted by Crippen LogP contribution is -2.58. The van der Waals surface area contributed by atoms with Gasteiger partial charge in [-0.2, -0.15) is 0 Å². The van der Waals surface area contributed by atoms with Gasteiger partial charge in [0.15, 0.2) is 5.82 Å². The topological polar surface area (TPSA) is 110 Å². The van der Waals surface area contributed by atoms with Crippen LogP contribution in [0, 0.1) is 12.8 Å². The molecule has 1 aliphatic rings. The molecule has 2 heterocycles. The van der Waals surface area contributed by atoms with Gasteiger partial charge in [0.05, 0.1) is 23.7 Å². The Balaban J connectivity index is 1.71. The molecule has 0 bridgehead atoms. The first kappa shape index (κ1) is 23.9. The van der Waals surface area contributed by atoms with E-state index in [1.54, 1.807) is 23.1 Å². The number of rotatable bonds is 6. The number of benzene rings is 2. The van der Waals surface area contributed by atoms with Gasteiger partial charge in [-0.25, -0.2) is 9.97 Å². The number of piperazine rings is 1. The number of aromatic hydroxyl groups is 1. The summed E-state index contributed by atoms with van der Waals surface area (Å²) in [5, 5.41) is 31.8. The number of hydrogen-bond donors (Lipinski definition) is 3. The van der Waals surface area contributed by atoms with Crippen LogP contribution < -0.4 is 4.90 Å². The molecule has 3 N–H and O–H groups in total. The molecule has 0 spiro atoms. The number of aryl methyl sites for hydroxylation is 1. The number of nitrogens with zero attached hydrogens (tertiary/aromatic N) is 4. The number of amides is 1. The number of carbonyl (C=O) groups is 1. The highest BCUT2D eigenvalue weighted by Crippen LogP contribution is 2.33. The Bertz CT molecular complexity index is 1180. The Morgan fingerprint density at radius 2 is 1.91 bits per heavy atom. The van der Waals surface area contributed by atoms with E-state index in [1.165, 1.54) is 0 Å². The zero-order valence-corrected chi connectivity index (χ0v) is 19.8. The van der Waals surface area contributed by atoms with Gasteiger partial charge in [0, 0.05) is 25.0 Å². The van der Waals surface area contributed by atoms with Crippen molar-refractivity contribution in [1.29, 1.82) is 0 Å². The molecule has 0 aliphatic carbocycles. The average molecular weight is 465 g/mol. The molecule has 1 aromatic heterocycles. The number of aliphatic hydroxyl groups is 2. The second-order valence-corrected chi connectivity index (χ2v) is 9.37. The van der Waals surface area contributed by atoms with Gasteiger partial charge in [-0.1, -0.05) is 32.0 Å². The molecule has 1 saturated heterocycles. The van der Waals surface area contributed by atoms with Gasteiger partial charge in [-0.3, -0.25) is 4.79 Å². The number of phenols is 1. The Hall–Kier alpha value is -3.23. The molecule has 1 unspecified atom stereocenters. The summed E-state index contributed by atoms with van der Waals surface area (Å²) < 4.78 is 0. The van der Waals surface area contributed by atoms with Gasteiger partial charge in [-0.05, 0) is 49.1 Å². The summed E-state index contributed by atoms with van der Waals surface area (Å²) in [6.07, 6.45) is -0.635. The molecular weight excluding hydrogens is 432 g/mol. The first-order chi connectivity index (χ1) is 16.3. The molecule has 2 aromatic carbocycles. The van der Waals surface area contributed by atoms with Crippen LogP contribution in [0.15, 0.2) is 42.5 Å². The van der Waals surface area contributed by atoms with Crippen molar-refractivity contribution in [3.8, 4) is 17.1 Å². The fraction of sp³-hybridized carbons (Fsp3) is 0.423. The second kappa shape index (κ2) is 9.95. The van der Waals surface area contributed by atoms with Crippen LogP contribution in [0.1, 0.15) is 25.8 Å². The molecule has 8 nitrogen and oxygen atoms in total. The van der Waals surface area contributed by atoms with E-state index in [0.717, 1.165) is 16.5 Å². The molecular formula is C26H32N4O4. The molecule has 34 heavy (non-hydrogen) atoms. The summed E-state index contributed by atoms with van der Waals surface area (Å²) in [7, 11) is 0. The van der Waals surface area contributed by atoms with Crippen molar-refractivity contribution in [3.05, 3.63) is 48.0 Å². The smallest absolute Gasteiger partial charge is 0.251 e. The van der Waals surface area contributed by atoms with Gasteiger partial charge in [0.2, 0.25) is 0 Å². The minimum atomic E-state index is -1.04. The number of anilines is 1. The summed E-state index contributed by atoms with van der Waals surface area (Å²) >= 11 is 0. The summed E-state index contributed by atoms with van der Waals surface area (Å²) in [5.74, 6) is 1.04. The number of aromatic nitrogens is 2. The van der Waals surface area contributed by atoms with E-state index in [0.29, 0.717) is 36.7 Å². The maximum atomic E-state index is 12.8. The van der Waals surface area contributed by atoms with E-state index in [1.807, 2.05) is 49.9 Å². The number of para-hydroxylation sites is 1. The highest BCUT2D eigenvalue weighted by atomic mass is 16.3. The molecule has 1 amide bonds. The van der Waals surface area contributed by atoms with E-state index in [2.05, 4.69) is 0 Å². The minimum Gasteiger partial charge on any atom is -0.507 e. The van der Waals surface area contributed by atoms with Crippen LogP contribution in [0.4, 0.5) is 5.82 Å².